The third-order valence-corrected chi connectivity index (χ3v) is 6.23. The maximum absolute atomic E-state index is 12.8. The van der Waals surface area contributed by atoms with E-state index in [0.29, 0.717) is 0 Å². The Balaban J connectivity index is 4.58. The van der Waals surface area contributed by atoms with Gasteiger partial charge in [-0.05, 0) is 59.6 Å². The molecule has 6 heteroatoms. The molecule has 0 aromatic carbocycles. The van der Waals surface area contributed by atoms with E-state index in [1.165, 1.54) is 11.4 Å². The molecule has 0 bridgehead atoms. The van der Waals surface area contributed by atoms with Gasteiger partial charge >= 0.3 is 6.80 Å². The summed E-state index contributed by atoms with van der Waals surface area (Å²) in [6, 6.07) is 0. The number of rotatable bonds is 9. The normalized spacial score (nSPS) is 17.5. The molecule has 116 valence electrons. The van der Waals surface area contributed by atoms with Gasteiger partial charge in [0.1, 0.15) is 0 Å². The van der Waals surface area contributed by atoms with Crippen LogP contribution in [0.4, 0.5) is 0 Å². The quantitative estimate of drug-likeness (QED) is 0.590. The molecule has 4 nitrogen and oxygen atoms in total. The highest BCUT2D eigenvalue weighted by molar-refractivity contribution is 8.55. The van der Waals surface area contributed by atoms with Crippen molar-refractivity contribution in [1.82, 2.24) is 4.90 Å². The van der Waals surface area contributed by atoms with E-state index in [1.807, 2.05) is 41.8 Å². The van der Waals surface area contributed by atoms with Crippen LogP contribution in [-0.4, -0.2) is 43.0 Å². The van der Waals surface area contributed by atoms with Crippen LogP contribution in [0.2, 0.25) is 0 Å². The maximum atomic E-state index is 12.8. The van der Waals surface area contributed by atoms with Crippen LogP contribution in [0.25, 0.3) is 0 Å². The summed E-state index contributed by atoms with van der Waals surface area (Å²) >= 11 is 1.30. The van der Waals surface area contributed by atoms with Gasteiger partial charge in [-0.15, -0.1) is 0 Å². The molecule has 19 heavy (non-hydrogen) atoms. The molecule has 0 aromatic heterocycles. The van der Waals surface area contributed by atoms with Gasteiger partial charge in [-0.3, -0.25) is 9.05 Å². The summed E-state index contributed by atoms with van der Waals surface area (Å²) in [6.07, 6.45) is 1.87. The summed E-state index contributed by atoms with van der Waals surface area (Å²) in [5.74, 6) is 0.735. The van der Waals surface area contributed by atoms with Crippen LogP contribution in [0.5, 0.6) is 0 Å². The Morgan fingerprint density at radius 3 is 2.32 bits per heavy atom. The van der Waals surface area contributed by atoms with E-state index in [4.69, 9.17) is 9.05 Å². The molecule has 0 saturated heterocycles. The molecule has 0 aromatic rings. The Labute approximate surface area is 122 Å². The van der Waals surface area contributed by atoms with Crippen molar-refractivity contribution in [1.29, 1.82) is 0 Å². The van der Waals surface area contributed by atoms with Gasteiger partial charge in [0.05, 0.1) is 11.7 Å². The summed E-state index contributed by atoms with van der Waals surface area (Å²) in [7, 11) is 3.99. The first-order valence-corrected chi connectivity index (χ1v) is 10.00. The van der Waals surface area contributed by atoms with Gasteiger partial charge in [0.15, 0.2) is 0 Å². The molecule has 0 fully saturated rings. The van der Waals surface area contributed by atoms with Gasteiger partial charge in [0.25, 0.3) is 0 Å². The molecule has 0 rings (SSSR count). The summed E-state index contributed by atoms with van der Waals surface area (Å²) in [5.41, 5.74) is -0.466. The lowest BCUT2D eigenvalue weighted by Crippen LogP contribution is -2.20. The van der Waals surface area contributed by atoms with Crippen molar-refractivity contribution in [2.24, 2.45) is 0 Å². The molecule has 0 aliphatic carbocycles. The van der Waals surface area contributed by atoms with E-state index >= 15 is 0 Å². The smallest absolute Gasteiger partial charge is 0.309 e. The van der Waals surface area contributed by atoms with Crippen LogP contribution in [0.3, 0.4) is 0 Å². The third-order valence-electron chi connectivity index (χ3n) is 2.18. The Hall–Kier alpha value is 0.460. The highest BCUT2D eigenvalue weighted by atomic mass is 32.7. The van der Waals surface area contributed by atoms with Crippen LogP contribution < -0.4 is 0 Å². The predicted octanol–water partition coefficient (Wildman–Crippen LogP) is 4.41. The molecule has 2 atom stereocenters. The summed E-state index contributed by atoms with van der Waals surface area (Å²) in [4.78, 5) is 2.06. The summed E-state index contributed by atoms with van der Waals surface area (Å²) in [6.45, 7) is 7.52. The van der Waals surface area contributed by atoms with Crippen molar-refractivity contribution in [3.8, 4) is 0 Å². The second kappa shape index (κ2) is 8.68. The lowest BCUT2D eigenvalue weighted by atomic mass is 10.2. The minimum absolute atomic E-state index is 0.0370. The van der Waals surface area contributed by atoms with E-state index in [2.05, 4.69) is 11.8 Å². The molecular weight excluding hydrogens is 281 g/mol. The monoisotopic (exact) mass is 311 g/mol. The lowest BCUT2D eigenvalue weighted by Gasteiger charge is -2.28. The minimum atomic E-state index is -3.09. The number of nitrogens with zero attached hydrogens (tertiary/aromatic N) is 1. The average Bonchev–Trinajstić information content (AvgIpc) is 2.12. The fourth-order valence-electron chi connectivity index (χ4n) is 1.43. The van der Waals surface area contributed by atoms with Crippen LogP contribution >= 0.6 is 18.2 Å². The number of hydrogen-bond donors (Lipinski definition) is 0. The van der Waals surface area contributed by atoms with Gasteiger partial charge < -0.3 is 4.90 Å². The van der Waals surface area contributed by atoms with Crippen molar-refractivity contribution in [3.63, 3.8) is 0 Å². The first kappa shape index (κ1) is 19.5. The SMILES string of the molecule is CCCC(C)OP(=O)(OC(C)(C)C)SCCN(C)C. The van der Waals surface area contributed by atoms with Crippen molar-refractivity contribution in [2.75, 3.05) is 26.4 Å². The Morgan fingerprint density at radius 2 is 1.89 bits per heavy atom. The standard InChI is InChI=1S/C13H30NO3PS/c1-8-9-12(2)16-18(15,17-13(3,4)5)19-11-10-14(6)7/h12H,8-11H2,1-7H3. The first-order valence-electron chi connectivity index (χ1n) is 6.86. The molecule has 0 aliphatic rings. The van der Waals surface area contributed by atoms with Gasteiger partial charge in [0.2, 0.25) is 0 Å². The van der Waals surface area contributed by atoms with Crippen LogP contribution in [0.15, 0.2) is 0 Å². The minimum Gasteiger partial charge on any atom is -0.309 e. The molecule has 0 N–H and O–H groups in total. The van der Waals surface area contributed by atoms with Gasteiger partial charge in [-0.1, -0.05) is 13.3 Å². The zero-order valence-electron chi connectivity index (χ0n) is 13.4. The Kier molecular flexibility index (Phi) is 8.89. The third kappa shape index (κ3) is 10.9. The molecule has 0 spiro atoms. The molecular formula is C13H30NO3PS. The first-order chi connectivity index (χ1) is 8.58. The second-order valence-corrected chi connectivity index (χ2v) is 10.1. The lowest BCUT2D eigenvalue weighted by molar-refractivity contribution is 0.0867. The van der Waals surface area contributed by atoms with Crippen LogP contribution in [0.1, 0.15) is 47.5 Å². The largest absolute Gasteiger partial charge is 0.389 e. The number of hydrogen-bond acceptors (Lipinski definition) is 5. The van der Waals surface area contributed by atoms with Crippen molar-refractivity contribution in [2.45, 2.75) is 59.2 Å². The summed E-state index contributed by atoms with van der Waals surface area (Å²) in [5, 5.41) is 0. The van der Waals surface area contributed by atoms with Gasteiger partial charge in [-0.2, -0.15) is 0 Å². The van der Waals surface area contributed by atoms with E-state index in [9.17, 15) is 4.57 Å². The maximum Gasteiger partial charge on any atom is 0.389 e. The van der Waals surface area contributed by atoms with Crippen molar-refractivity contribution >= 4 is 18.2 Å². The Bertz CT molecular complexity index is 292. The van der Waals surface area contributed by atoms with Crippen LogP contribution in [-0.2, 0) is 13.6 Å². The van der Waals surface area contributed by atoms with E-state index in [0.717, 1.165) is 25.1 Å². The zero-order chi connectivity index (χ0) is 15.1. The predicted molar refractivity (Wildman–Crippen MR) is 84.9 cm³/mol. The van der Waals surface area contributed by atoms with Crippen LogP contribution in [0, 0.1) is 0 Å². The fraction of sp³-hybridized carbons (Fsp3) is 1.00. The second-order valence-electron chi connectivity index (χ2n) is 5.99. The zero-order valence-corrected chi connectivity index (χ0v) is 15.1. The molecule has 2 unspecified atom stereocenters. The van der Waals surface area contributed by atoms with Gasteiger partial charge in [0, 0.05) is 12.3 Å². The molecule has 0 amide bonds. The molecule has 0 radical (unpaired) electrons. The highest BCUT2D eigenvalue weighted by Crippen LogP contribution is 2.63. The molecule has 0 saturated carbocycles. The van der Waals surface area contributed by atoms with E-state index < -0.39 is 12.4 Å². The van der Waals surface area contributed by atoms with Gasteiger partial charge in [-0.25, -0.2) is 4.57 Å². The van der Waals surface area contributed by atoms with E-state index in [1.54, 1.807) is 0 Å². The van der Waals surface area contributed by atoms with Crippen molar-refractivity contribution in [3.05, 3.63) is 0 Å². The fourth-order valence-corrected chi connectivity index (χ4v) is 5.84. The Morgan fingerprint density at radius 1 is 1.32 bits per heavy atom. The highest BCUT2D eigenvalue weighted by Gasteiger charge is 2.33. The van der Waals surface area contributed by atoms with E-state index in [-0.39, 0.29) is 6.10 Å². The molecule has 0 aliphatic heterocycles. The summed E-state index contributed by atoms with van der Waals surface area (Å²) < 4.78 is 24.2. The molecule has 0 heterocycles. The average molecular weight is 311 g/mol. The topological polar surface area (TPSA) is 38.8 Å². The van der Waals surface area contributed by atoms with Crippen molar-refractivity contribution < 1.29 is 13.6 Å².